The Morgan fingerprint density at radius 2 is 1.39 bits per heavy atom. The van der Waals surface area contributed by atoms with Crippen molar-refractivity contribution in [2.24, 2.45) is 0 Å². The number of aromatic amines is 2. The fourth-order valence-electron chi connectivity index (χ4n) is 6.14. The number of benzene rings is 2. The fraction of sp³-hybridized carbons (Fsp3) is 0.368. The normalized spacial score (nSPS) is 13.2. The topological polar surface area (TPSA) is 215 Å². The number of carbonyl (C=O) groups is 6. The minimum absolute atomic E-state index is 0.0643. The molecule has 18 nitrogen and oxygen atoms in total. The Morgan fingerprint density at radius 3 is 2.07 bits per heavy atom. The molecule has 3 heterocycles. The first-order chi connectivity index (χ1) is 27.0. The van der Waals surface area contributed by atoms with Gasteiger partial charge in [-0.2, -0.15) is 0 Å². The van der Waals surface area contributed by atoms with Gasteiger partial charge in [0.1, 0.15) is 43.1 Å². The van der Waals surface area contributed by atoms with E-state index in [1.807, 2.05) is 19.9 Å². The van der Waals surface area contributed by atoms with Crippen LogP contribution in [0.4, 0.5) is 21.1 Å². The highest BCUT2D eigenvalue weighted by atomic mass is 16.5. The molecule has 1 fully saturated rings. The number of methoxy groups -OCH3 is 2. The smallest absolute Gasteiger partial charge is 0.407 e. The van der Waals surface area contributed by atoms with Crippen molar-refractivity contribution < 1.29 is 38.2 Å². The van der Waals surface area contributed by atoms with Crippen LogP contribution in [0, 0.1) is 0 Å². The van der Waals surface area contributed by atoms with Crippen molar-refractivity contribution in [1.29, 1.82) is 0 Å². The lowest BCUT2D eigenvalue weighted by Crippen LogP contribution is -2.54. The summed E-state index contributed by atoms with van der Waals surface area (Å²) in [4.78, 5) is 97.8. The van der Waals surface area contributed by atoms with Crippen molar-refractivity contribution in [3.05, 3.63) is 84.2 Å². The van der Waals surface area contributed by atoms with Crippen molar-refractivity contribution in [3.8, 4) is 11.3 Å². The predicted octanol–water partition coefficient (Wildman–Crippen LogP) is 3.11. The summed E-state index contributed by atoms with van der Waals surface area (Å²) in [5.74, 6) is -0.00615. The van der Waals surface area contributed by atoms with Gasteiger partial charge in [0.05, 0.1) is 45.4 Å². The van der Waals surface area contributed by atoms with Crippen LogP contribution in [0.5, 0.6) is 0 Å². The highest BCUT2D eigenvalue weighted by Gasteiger charge is 2.33. The second-order valence-electron chi connectivity index (χ2n) is 12.9. The van der Waals surface area contributed by atoms with Crippen LogP contribution in [0.25, 0.3) is 11.3 Å². The maximum atomic E-state index is 13.8. The van der Waals surface area contributed by atoms with E-state index >= 15 is 0 Å². The first-order valence-electron chi connectivity index (χ1n) is 18.1. The molecule has 2 aromatic carbocycles. The van der Waals surface area contributed by atoms with Gasteiger partial charge in [0.2, 0.25) is 23.6 Å². The van der Waals surface area contributed by atoms with E-state index < -0.39 is 18.2 Å². The van der Waals surface area contributed by atoms with Gasteiger partial charge in [-0.3, -0.25) is 24.1 Å². The maximum Gasteiger partial charge on any atom is 0.407 e. The van der Waals surface area contributed by atoms with Crippen molar-refractivity contribution in [1.82, 2.24) is 40.4 Å². The lowest BCUT2D eigenvalue weighted by atomic mass is 10.1. The molecule has 0 saturated carbocycles. The van der Waals surface area contributed by atoms with E-state index in [-0.39, 0.29) is 56.4 Å². The molecule has 296 valence electrons. The van der Waals surface area contributed by atoms with Gasteiger partial charge < -0.3 is 44.8 Å². The number of nitrogens with zero attached hydrogens (tertiary/aromatic N) is 6. The summed E-state index contributed by atoms with van der Waals surface area (Å²) in [5.41, 5.74) is 2.60. The van der Waals surface area contributed by atoms with Gasteiger partial charge in [-0.25, -0.2) is 19.6 Å². The minimum atomic E-state index is -0.995. The highest BCUT2D eigenvalue weighted by Crippen LogP contribution is 2.26. The van der Waals surface area contributed by atoms with Crippen LogP contribution >= 0.6 is 0 Å². The molecule has 1 aliphatic heterocycles. The number of ether oxygens (including phenoxy) is 2. The number of aromatic nitrogens is 4. The zero-order valence-electron chi connectivity index (χ0n) is 31.7. The summed E-state index contributed by atoms with van der Waals surface area (Å²) in [5, 5.41) is 5.02. The number of carbonyl (C=O) groups excluding carboxylic acids is 6. The molecule has 1 atom stereocenters. The van der Waals surface area contributed by atoms with Gasteiger partial charge in [-0.05, 0) is 36.1 Å². The van der Waals surface area contributed by atoms with E-state index in [4.69, 9.17) is 4.74 Å². The Bertz CT molecular complexity index is 2000. The number of piperazine rings is 1. The molecule has 56 heavy (non-hydrogen) atoms. The number of amides is 6. The zero-order valence-corrected chi connectivity index (χ0v) is 31.7. The summed E-state index contributed by atoms with van der Waals surface area (Å²) in [7, 11) is 2.45. The summed E-state index contributed by atoms with van der Waals surface area (Å²) in [6.45, 7) is 4.35. The molecular weight excluding hydrogens is 724 g/mol. The standard InChI is InChI=1S/C38H46N10O8/c1-5-16-45(32(49)20-41-37(53)55-3)21-29-39-18-28(42-29)25-12-14-27(15-13-25)47-23-34(51)48(24-33(47)50)31-19-40-30(43-31)22-46(17-6-2)36(52)35(44-38(54)56-4)26-10-8-7-9-11-26/h7-15,18-19,35H,5-6,16-17,20-24H2,1-4H3,(H,39,42)(H,40,43)(H,41,53)(H,44,54)/t35-/m1/s1. The fourth-order valence-corrected chi connectivity index (χ4v) is 6.14. The molecule has 6 amide bonds. The van der Waals surface area contributed by atoms with E-state index in [0.29, 0.717) is 60.3 Å². The Balaban J connectivity index is 1.21. The third-order valence-corrected chi connectivity index (χ3v) is 8.94. The third-order valence-electron chi connectivity index (χ3n) is 8.94. The molecule has 0 spiro atoms. The van der Waals surface area contributed by atoms with Crippen LogP contribution in [0.1, 0.15) is 49.9 Å². The van der Waals surface area contributed by atoms with Gasteiger partial charge in [-0.1, -0.05) is 56.3 Å². The molecule has 0 unspecified atom stereocenters. The molecule has 4 N–H and O–H groups in total. The molecule has 1 saturated heterocycles. The molecule has 0 bridgehead atoms. The Hall–Kier alpha value is -6.72. The van der Waals surface area contributed by atoms with E-state index in [0.717, 1.165) is 5.56 Å². The van der Waals surface area contributed by atoms with Crippen LogP contribution in [0.3, 0.4) is 0 Å². The average molecular weight is 771 g/mol. The van der Waals surface area contributed by atoms with Crippen LogP contribution < -0.4 is 20.4 Å². The number of imidazole rings is 2. The summed E-state index contributed by atoms with van der Waals surface area (Å²) < 4.78 is 9.30. The van der Waals surface area contributed by atoms with Crippen molar-refractivity contribution in [2.45, 2.75) is 45.8 Å². The summed E-state index contributed by atoms with van der Waals surface area (Å²) in [6, 6.07) is 14.9. The number of hydrogen-bond donors (Lipinski definition) is 4. The average Bonchev–Trinajstić information content (AvgIpc) is 3.89. The lowest BCUT2D eigenvalue weighted by molar-refractivity contribution is -0.134. The quantitative estimate of drug-likeness (QED) is 0.131. The van der Waals surface area contributed by atoms with Gasteiger partial charge in [0.25, 0.3) is 0 Å². The number of H-pyrrole nitrogens is 2. The molecule has 18 heteroatoms. The van der Waals surface area contributed by atoms with Gasteiger partial charge >= 0.3 is 12.2 Å². The third kappa shape index (κ3) is 10.1. The Kier molecular flexibility index (Phi) is 13.8. The van der Waals surface area contributed by atoms with Crippen LogP contribution in [0.2, 0.25) is 0 Å². The lowest BCUT2D eigenvalue weighted by Gasteiger charge is -2.33. The molecular formula is C38H46N10O8. The Morgan fingerprint density at radius 1 is 0.786 bits per heavy atom. The van der Waals surface area contributed by atoms with Crippen LogP contribution in [-0.4, -0.2) is 112 Å². The number of alkyl carbamates (subject to hydrolysis) is 2. The van der Waals surface area contributed by atoms with E-state index in [1.54, 1.807) is 64.5 Å². The molecule has 2 aromatic heterocycles. The first kappa shape index (κ1) is 40.5. The van der Waals surface area contributed by atoms with E-state index in [9.17, 15) is 28.8 Å². The van der Waals surface area contributed by atoms with Gasteiger partial charge in [0, 0.05) is 18.8 Å². The number of anilines is 2. The minimum Gasteiger partial charge on any atom is -0.453 e. The zero-order chi connectivity index (χ0) is 40.2. The monoisotopic (exact) mass is 770 g/mol. The van der Waals surface area contributed by atoms with Crippen LogP contribution in [-0.2, 0) is 41.7 Å². The summed E-state index contributed by atoms with van der Waals surface area (Å²) >= 11 is 0. The van der Waals surface area contributed by atoms with E-state index in [1.165, 1.54) is 30.2 Å². The first-order valence-corrected chi connectivity index (χ1v) is 18.1. The van der Waals surface area contributed by atoms with Crippen molar-refractivity contribution in [2.75, 3.05) is 56.7 Å². The summed E-state index contributed by atoms with van der Waals surface area (Å²) in [6.07, 6.45) is 3.02. The van der Waals surface area contributed by atoms with E-state index in [2.05, 4.69) is 35.3 Å². The largest absolute Gasteiger partial charge is 0.453 e. The second-order valence-corrected chi connectivity index (χ2v) is 12.9. The number of nitrogens with one attached hydrogen (secondary N) is 4. The maximum absolute atomic E-state index is 13.8. The molecule has 0 aliphatic carbocycles. The highest BCUT2D eigenvalue weighted by molar-refractivity contribution is 6.12. The Labute approximate surface area is 323 Å². The van der Waals surface area contributed by atoms with Crippen molar-refractivity contribution >= 4 is 47.3 Å². The molecule has 1 aliphatic rings. The van der Waals surface area contributed by atoms with Crippen molar-refractivity contribution in [3.63, 3.8) is 0 Å². The molecule has 5 rings (SSSR count). The number of hydrogen-bond acceptors (Lipinski definition) is 10. The van der Waals surface area contributed by atoms with Gasteiger partial charge in [-0.15, -0.1) is 0 Å². The van der Waals surface area contributed by atoms with Gasteiger partial charge in [0.15, 0.2) is 0 Å². The predicted molar refractivity (Wildman–Crippen MR) is 204 cm³/mol. The number of rotatable bonds is 16. The molecule has 0 radical (unpaired) electrons. The van der Waals surface area contributed by atoms with Crippen LogP contribution in [0.15, 0.2) is 67.0 Å². The SMILES string of the molecule is CCCN(Cc1ncc(-c2ccc(N3CC(=O)N(c4cnc(CN(CCC)C(=O)[C@H](NC(=O)OC)c5ccccc5)[nH]4)CC3=O)cc2)[nH]1)C(=O)CNC(=O)OC. The molecule has 4 aromatic rings. The second kappa shape index (κ2) is 19.0.